The van der Waals surface area contributed by atoms with Gasteiger partial charge in [-0.3, -0.25) is 4.79 Å². The van der Waals surface area contributed by atoms with E-state index in [2.05, 4.69) is 58.4 Å². The molecule has 0 aliphatic heterocycles. The molecular formula is C27H23N3O. The van der Waals surface area contributed by atoms with Crippen LogP contribution < -0.4 is 5.32 Å². The highest BCUT2D eigenvalue weighted by atomic mass is 16.1. The van der Waals surface area contributed by atoms with Crippen molar-refractivity contribution in [2.24, 2.45) is 0 Å². The summed E-state index contributed by atoms with van der Waals surface area (Å²) in [6.45, 7) is 1.27. The molecule has 0 radical (unpaired) electrons. The molecular weight excluding hydrogens is 382 g/mol. The fourth-order valence-electron chi connectivity index (χ4n) is 4.07. The van der Waals surface area contributed by atoms with Gasteiger partial charge in [-0.1, -0.05) is 72.8 Å². The third-order valence-corrected chi connectivity index (χ3v) is 5.61. The van der Waals surface area contributed by atoms with Crippen LogP contribution in [0.5, 0.6) is 0 Å². The first kappa shape index (κ1) is 19.1. The van der Waals surface area contributed by atoms with Crippen LogP contribution in [0.25, 0.3) is 21.8 Å². The molecule has 5 rings (SSSR count). The van der Waals surface area contributed by atoms with Gasteiger partial charge in [0.05, 0.1) is 11.0 Å². The lowest BCUT2D eigenvalue weighted by molar-refractivity contribution is 0.0954. The van der Waals surface area contributed by atoms with Crippen molar-refractivity contribution in [2.45, 2.75) is 13.0 Å². The van der Waals surface area contributed by atoms with E-state index in [1.54, 1.807) is 0 Å². The second-order valence-electron chi connectivity index (χ2n) is 7.61. The van der Waals surface area contributed by atoms with Crippen LogP contribution in [0, 0.1) is 0 Å². The van der Waals surface area contributed by atoms with E-state index in [9.17, 15) is 4.79 Å². The molecule has 1 aromatic heterocycles. The smallest absolute Gasteiger partial charge is 0.251 e. The van der Waals surface area contributed by atoms with Crippen LogP contribution in [0.15, 0.2) is 97.1 Å². The quantitative estimate of drug-likeness (QED) is 0.421. The summed E-state index contributed by atoms with van der Waals surface area (Å²) in [4.78, 5) is 17.3. The largest absolute Gasteiger partial charge is 0.352 e. The first-order valence-corrected chi connectivity index (χ1v) is 10.5. The summed E-state index contributed by atoms with van der Waals surface area (Å²) in [6.07, 6.45) is 0.665. The Morgan fingerprint density at radius 2 is 1.55 bits per heavy atom. The van der Waals surface area contributed by atoms with Crippen LogP contribution in [0.3, 0.4) is 0 Å². The van der Waals surface area contributed by atoms with E-state index in [1.165, 1.54) is 16.3 Å². The van der Waals surface area contributed by atoms with Gasteiger partial charge in [0.15, 0.2) is 0 Å². The highest BCUT2D eigenvalue weighted by molar-refractivity contribution is 5.94. The molecule has 0 bridgehead atoms. The number of hydrogen-bond acceptors (Lipinski definition) is 2. The number of nitrogens with one attached hydrogen (secondary N) is 1. The topological polar surface area (TPSA) is 46.9 Å². The molecule has 31 heavy (non-hydrogen) atoms. The molecule has 0 saturated heterocycles. The highest BCUT2D eigenvalue weighted by Gasteiger charge is 2.13. The lowest BCUT2D eigenvalue weighted by atomic mass is 10.0. The Kier molecular flexibility index (Phi) is 5.19. The average molecular weight is 406 g/mol. The molecule has 0 fully saturated rings. The van der Waals surface area contributed by atoms with Gasteiger partial charge in [-0.15, -0.1) is 0 Å². The first-order valence-electron chi connectivity index (χ1n) is 10.5. The maximum absolute atomic E-state index is 12.4. The Labute approximate surface area is 181 Å². The summed E-state index contributed by atoms with van der Waals surface area (Å²) in [5, 5.41) is 5.51. The first-order chi connectivity index (χ1) is 15.3. The van der Waals surface area contributed by atoms with Crippen molar-refractivity contribution >= 4 is 27.7 Å². The van der Waals surface area contributed by atoms with Crippen molar-refractivity contribution in [1.29, 1.82) is 0 Å². The number of aromatic nitrogens is 2. The number of rotatable bonds is 6. The molecule has 1 amide bonds. The second-order valence-corrected chi connectivity index (χ2v) is 7.61. The predicted octanol–water partition coefficient (Wildman–Crippen LogP) is 5.21. The minimum Gasteiger partial charge on any atom is -0.352 e. The van der Waals surface area contributed by atoms with Crippen LogP contribution >= 0.6 is 0 Å². The van der Waals surface area contributed by atoms with Gasteiger partial charge in [0.25, 0.3) is 5.91 Å². The number of imidazole rings is 1. The van der Waals surface area contributed by atoms with Gasteiger partial charge in [-0.25, -0.2) is 4.98 Å². The number of carbonyl (C=O) groups excluding carboxylic acids is 1. The lowest BCUT2D eigenvalue weighted by Gasteiger charge is -2.12. The van der Waals surface area contributed by atoms with E-state index in [-0.39, 0.29) is 5.91 Å². The molecule has 0 spiro atoms. The molecule has 0 saturated carbocycles. The maximum Gasteiger partial charge on any atom is 0.251 e. The van der Waals surface area contributed by atoms with Crippen LogP contribution in [-0.4, -0.2) is 22.0 Å². The van der Waals surface area contributed by atoms with Crippen molar-refractivity contribution in [3.8, 4) is 0 Å². The average Bonchev–Trinajstić information content (AvgIpc) is 3.17. The number of amides is 1. The molecule has 0 atom stereocenters. The van der Waals surface area contributed by atoms with Gasteiger partial charge >= 0.3 is 0 Å². The standard InChI is InChI=1S/C27H23N3O/c31-27(21-10-2-1-3-11-21)28-18-17-26-29-24-15-6-7-16-25(24)30(26)19-22-13-8-12-20-9-4-5-14-23(20)22/h1-16H,17-19H2,(H,28,31). The number of para-hydroxylation sites is 2. The number of hydrogen-bond donors (Lipinski definition) is 1. The van der Waals surface area contributed by atoms with Crippen molar-refractivity contribution in [3.05, 3.63) is 114 Å². The van der Waals surface area contributed by atoms with Gasteiger partial charge in [-0.2, -0.15) is 0 Å². The summed E-state index contributed by atoms with van der Waals surface area (Å²) in [7, 11) is 0. The highest BCUT2D eigenvalue weighted by Crippen LogP contribution is 2.23. The minimum atomic E-state index is -0.0580. The van der Waals surface area contributed by atoms with E-state index in [1.807, 2.05) is 48.5 Å². The summed E-state index contributed by atoms with van der Waals surface area (Å²) < 4.78 is 2.27. The summed E-state index contributed by atoms with van der Waals surface area (Å²) in [6, 6.07) is 32.4. The third kappa shape index (κ3) is 3.92. The Morgan fingerprint density at radius 3 is 2.45 bits per heavy atom. The van der Waals surface area contributed by atoms with Gasteiger partial charge in [0.2, 0.25) is 0 Å². The Morgan fingerprint density at radius 1 is 0.806 bits per heavy atom. The third-order valence-electron chi connectivity index (χ3n) is 5.61. The van der Waals surface area contributed by atoms with E-state index < -0.39 is 0 Å². The molecule has 152 valence electrons. The lowest BCUT2D eigenvalue weighted by Crippen LogP contribution is -2.26. The number of benzene rings is 4. The van der Waals surface area contributed by atoms with Crippen molar-refractivity contribution < 1.29 is 4.79 Å². The molecule has 1 N–H and O–H groups in total. The predicted molar refractivity (Wildman–Crippen MR) is 125 cm³/mol. The van der Waals surface area contributed by atoms with E-state index >= 15 is 0 Å². The second kappa shape index (κ2) is 8.44. The summed E-state index contributed by atoms with van der Waals surface area (Å²) in [5.41, 5.74) is 4.02. The molecule has 4 nitrogen and oxygen atoms in total. The summed E-state index contributed by atoms with van der Waals surface area (Å²) in [5.74, 6) is 0.916. The number of nitrogens with zero attached hydrogens (tertiary/aromatic N) is 2. The van der Waals surface area contributed by atoms with E-state index in [0.29, 0.717) is 18.5 Å². The van der Waals surface area contributed by atoms with Gasteiger partial charge in [0, 0.05) is 25.1 Å². The van der Waals surface area contributed by atoms with Gasteiger partial charge in [0.1, 0.15) is 5.82 Å². The van der Waals surface area contributed by atoms with Crippen molar-refractivity contribution in [1.82, 2.24) is 14.9 Å². The molecule has 1 heterocycles. The summed E-state index contributed by atoms with van der Waals surface area (Å²) >= 11 is 0. The Balaban J connectivity index is 1.42. The van der Waals surface area contributed by atoms with Gasteiger partial charge in [-0.05, 0) is 40.6 Å². The zero-order chi connectivity index (χ0) is 21.0. The number of fused-ring (bicyclic) bond motifs is 2. The molecule has 4 aromatic carbocycles. The molecule has 0 aliphatic carbocycles. The fourth-order valence-corrected chi connectivity index (χ4v) is 4.07. The molecule has 0 aliphatic rings. The number of carbonyl (C=O) groups is 1. The molecule has 5 aromatic rings. The SMILES string of the molecule is O=C(NCCc1nc2ccccc2n1Cc1cccc2ccccc12)c1ccccc1. The van der Waals surface area contributed by atoms with Crippen LogP contribution in [0.4, 0.5) is 0 Å². The monoisotopic (exact) mass is 405 g/mol. The Bertz CT molecular complexity index is 1350. The normalized spacial score (nSPS) is 11.1. The maximum atomic E-state index is 12.4. The van der Waals surface area contributed by atoms with Crippen molar-refractivity contribution in [3.63, 3.8) is 0 Å². The van der Waals surface area contributed by atoms with E-state index in [0.717, 1.165) is 23.4 Å². The van der Waals surface area contributed by atoms with Crippen LogP contribution in [-0.2, 0) is 13.0 Å². The van der Waals surface area contributed by atoms with E-state index in [4.69, 9.17) is 4.98 Å². The molecule has 0 unspecified atom stereocenters. The van der Waals surface area contributed by atoms with Crippen molar-refractivity contribution in [2.75, 3.05) is 6.54 Å². The van der Waals surface area contributed by atoms with Gasteiger partial charge < -0.3 is 9.88 Å². The Hall–Kier alpha value is -3.92. The fraction of sp³-hybridized carbons (Fsp3) is 0.111. The molecule has 4 heteroatoms. The zero-order valence-electron chi connectivity index (χ0n) is 17.2. The zero-order valence-corrected chi connectivity index (χ0v) is 17.2. The van der Waals surface area contributed by atoms with Crippen LogP contribution in [0.1, 0.15) is 21.7 Å². The van der Waals surface area contributed by atoms with Crippen LogP contribution in [0.2, 0.25) is 0 Å². The minimum absolute atomic E-state index is 0.0580.